The molecule has 0 aliphatic heterocycles. The van der Waals surface area contributed by atoms with E-state index in [4.69, 9.17) is 4.42 Å². The van der Waals surface area contributed by atoms with Crippen molar-refractivity contribution in [1.29, 1.82) is 0 Å². The summed E-state index contributed by atoms with van der Waals surface area (Å²) in [6, 6.07) is 4.25. The van der Waals surface area contributed by atoms with Crippen LogP contribution in [0.15, 0.2) is 28.7 Å². The number of allylic oxidation sites excluding steroid dienone is 2. The first-order valence-corrected chi connectivity index (χ1v) is 5.87. The van der Waals surface area contributed by atoms with Gasteiger partial charge in [0.1, 0.15) is 5.52 Å². The van der Waals surface area contributed by atoms with Gasteiger partial charge in [-0.05, 0) is 42.9 Å². The van der Waals surface area contributed by atoms with Gasteiger partial charge in [0.25, 0.3) is 0 Å². The van der Waals surface area contributed by atoms with Gasteiger partial charge in [0.15, 0.2) is 11.5 Å². The van der Waals surface area contributed by atoms with E-state index in [2.05, 4.69) is 29.3 Å². The zero-order chi connectivity index (χ0) is 11.0. The van der Waals surface area contributed by atoms with Gasteiger partial charge in [-0.3, -0.25) is 0 Å². The lowest BCUT2D eigenvalue weighted by atomic mass is 9.95. The summed E-state index contributed by atoms with van der Waals surface area (Å²) < 4.78 is 5.58. The van der Waals surface area contributed by atoms with Crippen molar-refractivity contribution in [2.45, 2.75) is 32.6 Å². The van der Waals surface area contributed by atoms with Gasteiger partial charge in [-0.1, -0.05) is 18.2 Å². The molecule has 0 spiro atoms. The third kappa shape index (κ3) is 1.54. The number of rotatable bonds is 0. The predicted molar refractivity (Wildman–Crippen MR) is 64.5 cm³/mol. The summed E-state index contributed by atoms with van der Waals surface area (Å²) in [6.07, 6.45) is 8.99. The van der Waals surface area contributed by atoms with Gasteiger partial charge in [0.2, 0.25) is 0 Å². The Kier molecular flexibility index (Phi) is 2.28. The summed E-state index contributed by atoms with van der Waals surface area (Å²) in [5, 5.41) is 0. The Morgan fingerprint density at radius 1 is 1.12 bits per heavy atom. The Hall–Kier alpha value is -1.57. The number of oxazole rings is 1. The van der Waals surface area contributed by atoms with Crippen molar-refractivity contribution in [1.82, 2.24) is 4.98 Å². The molecule has 2 aromatic rings. The van der Waals surface area contributed by atoms with E-state index in [0.29, 0.717) is 0 Å². The summed E-state index contributed by atoms with van der Waals surface area (Å²) in [6.45, 7) is 1.91. The van der Waals surface area contributed by atoms with Crippen LogP contribution in [0, 0.1) is 6.92 Å². The minimum Gasteiger partial charge on any atom is -0.441 e. The number of benzene rings is 1. The summed E-state index contributed by atoms with van der Waals surface area (Å²) in [4.78, 5) is 4.51. The first-order chi connectivity index (χ1) is 7.84. The monoisotopic (exact) mass is 213 g/mol. The van der Waals surface area contributed by atoms with E-state index < -0.39 is 0 Å². The molecule has 0 N–H and O–H groups in total. The highest BCUT2D eigenvalue weighted by Crippen LogP contribution is 2.26. The lowest BCUT2D eigenvalue weighted by molar-refractivity contribution is 0.561. The van der Waals surface area contributed by atoms with E-state index in [1.165, 1.54) is 11.1 Å². The molecule has 3 rings (SSSR count). The van der Waals surface area contributed by atoms with Crippen LogP contribution in [0.3, 0.4) is 0 Å². The molecule has 0 amide bonds. The highest BCUT2D eigenvalue weighted by molar-refractivity contribution is 5.78. The number of fused-ring (bicyclic) bond motifs is 3. The molecule has 1 aliphatic carbocycles. The maximum Gasteiger partial charge on any atom is 0.192 e. The molecule has 0 bridgehead atoms. The van der Waals surface area contributed by atoms with Crippen LogP contribution in [0.5, 0.6) is 0 Å². The topological polar surface area (TPSA) is 26.0 Å². The molecular weight excluding hydrogens is 198 g/mol. The first kappa shape index (κ1) is 9.64. The highest BCUT2D eigenvalue weighted by Gasteiger charge is 2.12. The summed E-state index contributed by atoms with van der Waals surface area (Å²) >= 11 is 0. The molecule has 0 atom stereocenters. The van der Waals surface area contributed by atoms with Gasteiger partial charge < -0.3 is 4.42 Å². The van der Waals surface area contributed by atoms with E-state index >= 15 is 0 Å². The Balaban J connectivity index is 2.20. The van der Waals surface area contributed by atoms with Crippen LogP contribution in [0.1, 0.15) is 29.9 Å². The smallest absolute Gasteiger partial charge is 0.192 e. The van der Waals surface area contributed by atoms with Crippen LogP contribution < -0.4 is 0 Å². The van der Waals surface area contributed by atoms with Crippen LogP contribution in [-0.2, 0) is 12.8 Å². The maximum absolute atomic E-state index is 5.58. The average molecular weight is 213 g/mol. The van der Waals surface area contributed by atoms with E-state index in [1.54, 1.807) is 0 Å². The van der Waals surface area contributed by atoms with E-state index in [-0.39, 0.29) is 0 Å². The van der Waals surface area contributed by atoms with Crippen molar-refractivity contribution in [3.63, 3.8) is 0 Å². The molecule has 1 aromatic heterocycles. The van der Waals surface area contributed by atoms with Gasteiger partial charge in [-0.2, -0.15) is 0 Å². The third-order valence-electron chi connectivity index (χ3n) is 3.18. The summed E-state index contributed by atoms with van der Waals surface area (Å²) in [7, 11) is 0. The minimum atomic E-state index is 0.765. The molecule has 0 saturated heterocycles. The average Bonchev–Trinajstić information content (AvgIpc) is 2.58. The lowest BCUT2D eigenvalue weighted by Crippen LogP contribution is -1.97. The van der Waals surface area contributed by atoms with E-state index in [9.17, 15) is 0 Å². The van der Waals surface area contributed by atoms with Gasteiger partial charge in [-0.25, -0.2) is 4.98 Å². The molecule has 2 nitrogen and oxygen atoms in total. The zero-order valence-electron chi connectivity index (χ0n) is 9.49. The molecule has 82 valence electrons. The molecular formula is C14H15NO. The second-order valence-electron chi connectivity index (χ2n) is 4.33. The van der Waals surface area contributed by atoms with E-state index in [1.807, 2.05) is 6.92 Å². The quantitative estimate of drug-likeness (QED) is 0.625. The maximum atomic E-state index is 5.58. The minimum absolute atomic E-state index is 0.765. The zero-order valence-corrected chi connectivity index (χ0v) is 9.49. The standard InChI is InChI=1S/C14H15NO/c1-10-15-14-12-7-5-3-2-4-6-11(12)8-9-13(14)16-10/h2-3,8-9H,4-7H2,1H3. The molecule has 1 aromatic carbocycles. The fourth-order valence-corrected chi connectivity index (χ4v) is 2.42. The predicted octanol–water partition coefficient (Wildman–Crippen LogP) is 3.57. The molecule has 1 aliphatic rings. The van der Waals surface area contributed by atoms with Crippen LogP contribution in [0.4, 0.5) is 0 Å². The fourth-order valence-electron chi connectivity index (χ4n) is 2.42. The van der Waals surface area contributed by atoms with Crippen LogP contribution in [0.2, 0.25) is 0 Å². The molecule has 0 saturated carbocycles. The largest absolute Gasteiger partial charge is 0.441 e. The molecule has 16 heavy (non-hydrogen) atoms. The number of hydrogen-bond acceptors (Lipinski definition) is 2. The summed E-state index contributed by atoms with van der Waals surface area (Å²) in [5.74, 6) is 0.765. The van der Waals surface area contributed by atoms with Crippen molar-refractivity contribution in [2.75, 3.05) is 0 Å². The number of aryl methyl sites for hydroxylation is 3. The van der Waals surface area contributed by atoms with Crippen LogP contribution in [0.25, 0.3) is 11.1 Å². The Bertz CT molecular complexity index is 551. The van der Waals surface area contributed by atoms with Crippen LogP contribution in [-0.4, -0.2) is 4.98 Å². The van der Waals surface area contributed by atoms with Crippen molar-refractivity contribution in [3.8, 4) is 0 Å². The van der Waals surface area contributed by atoms with E-state index in [0.717, 1.165) is 42.7 Å². The first-order valence-electron chi connectivity index (χ1n) is 5.87. The Labute approximate surface area is 95.0 Å². The molecule has 0 unspecified atom stereocenters. The van der Waals surface area contributed by atoms with Gasteiger partial charge in [-0.15, -0.1) is 0 Å². The van der Waals surface area contributed by atoms with Gasteiger partial charge in [0.05, 0.1) is 0 Å². The van der Waals surface area contributed by atoms with Crippen molar-refractivity contribution < 1.29 is 4.42 Å². The lowest BCUT2D eigenvalue weighted by Gasteiger charge is -2.10. The third-order valence-corrected chi connectivity index (χ3v) is 3.18. The van der Waals surface area contributed by atoms with Crippen molar-refractivity contribution in [2.24, 2.45) is 0 Å². The fraction of sp³-hybridized carbons (Fsp3) is 0.357. The SMILES string of the molecule is Cc1nc2c3c(ccc2o1)CCC=CCC3. The highest BCUT2D eigenvalue weighted by atomic mass is 16.3. The van der Waals surface area contributed by atoms with Crippen molar-refractivity contribution >= 4 is 11.1 Å². The normalized spacial score (nSPS) is 15.8. The summed E-state index contributed by atoms with van der Waals surface area (Å²) in [5.41, 5.74) is 4.83. The number of aromatic nitrogens is 1. The number of nitrogens with zero attached hydrogens (tertiary/aromatic N) is 1. The van der Waals surface area contributed by atoms with Gasteiger partial charge in [0, 0.05) is 6.92 Å². The second kappa shape index (κ2) is 3.78. The Morgan fingerprint density at radius 3 is 2.81 bits per heavy atom. The molecule has 0 fully saturated rings. The number of hydrogen-bond donors (Lipinski definition) is 0. The molecule has 2 heteroatoms. The van der Waals surface area contributed by atoms with Gasteiger partial charge >= 0.3 is 0 Å². The Morgan fingerprint density at radius 2 is 1.94 bits per heavy atom. The molecule has 0 radical (unpaired) electrons. The van der Waals surface area contributed by atoms with Crippen molar-refractivity contribution in [3.05, 3.63) is 41.3 Å². The molecule has 1 heterocycles. The van der Waals surface area contributed by atoms with Crippen LogP contribution >= 0.6 is 0 Å². The second-order valence-corrected chi connectivity index (χ2v) is 4.33.